The SMILES string of the molecule is Cc1noc(C)c1CN(C)C(=O)NCc1cccnc1OC1CCCC1. The average Bonchev–Trinajstić information content (AvgIpc) is 3.25. The maximum Gasteiger partial charge on any atom is 0.317 e. The number of pyridine rings is 1. The van der Waals surface area contributed by atoms with Gasteiger partial charge in [-0.1, -0.05) is 11.2 Å². The van der Waals surface area contributed by atoms with Crippen molar-refractivity contribution in [2.24, 2.45) is 0 Å². The zero-order valence-corrected chi connectivity index (χ0v) is 15.6. The second-order valence-electron chi connectivity index (χ2n) is 6.81. The highest BCUT2D eigenvalue weighted by Crippen LogP contribution is 2.25. The van der Waals surface area contributed by atoms with Gasteiger partial charge in [-0.25, -0.2) is 9.78 Å². The molecule has 2 amide bonds. The summed E-state index contributed by atoms with van der Waals surface area (Å²) in [7, 11) is 1.75. The molecular weight excluding hydrogens is 332 g/mol. The lowest BCUT2D eigenvalue weighted by Gasteiger charge is -2.19. The smallest absolute Gasteiger partial charge is 0.317 e. The molecule has 0 bridgehead atoms. The first kappa shape index (κ1) is 18.2. The van der Waals surface area contributed by atoms with Crippen molar-refractivity contribution >= 4 is 6.03 Å². The van der Waals surface area contributed by atoms with Crippen molar-refractivity contribution in [3.63, 3.8) is 0 Å². The van der Waals surface area contributed by atoms with E-state index in [-0.39, 0.29) is 12.1 Å². The molecule has 1 aliphatic carbocycles. The van der Waals surface area contributed by atoms with Crippen LogP contribution in [0.5, 0.6) is 5.88 Å². The van der Waals surface area contributed by atoms with Crippen LogP contribution in [0.2, 0.25) is 0 Å². The normalized spacial score (nSPS) is 14.4. The fourth-order valence-electron chi connectivity index (χ4n) is 3.17. The molecule has 0 spiro atoms. The molecule has 1 aliphatic rings. The molecule has 1 saturated carbocycles. The number of hydrogen-bond acceptors (Lipinski definition) is 5. The Morgan fingerprint density at radius 2 is 2.15 bits per heavy atom. The minimum Gasteiger partial charge on any atom is -0.474 e. The van der Waals surface area contributed by atoms with Crippen molar-refractivity contribution in [3.05, 3.63) is 40.9 Å². The fraction of sp³-hybridized carbons (Fsp3) is 0.526. The van der Waals surface area contributed by atoms with Crippen LogP contribution < -0.4 is 10.1 Å². The molecule has 0 unspecified atom stereocenters. The molecule has 0 aromatic carbocycles. The van der Waals surface area contributed by atoms with Gasteiger partial charge in [-0.05, 0) is 45.6 Å². The number of nitrogens with one attached hydrogen (secondary N) is 1. The van der Waals surface area contributed by atoms with Crippen LogP contribution in [0, 0.1) is 13.8 Å². The molecule has 1 N–H and O–H groups in total. The third kappa shape index (κ3) is 4.33. The quantitative estimate of drug-likeness (QED) is 0.856. The van der Waals surface area contributed by atoms with E-state index < -0.39 is 0 Å². The summed E-state index contributed by atoms with van der Waals surface area (Å²) in [6.45, 7) is 4.55. The lowest BCUT2D eigenvalue weighted by atomic mass is 10.2. The van der Waals surface area contributed by atoms with E-state index in [0.29, 0.717) is 19.0 Å². The van der Waals surface area contributed by atoms with Crippen LogP contribution in [0.4, 0.5) is 4.79 Å². The van der Waals surface area contributed by atoms with E-state index in [1.54, 1.807) is 18.1 Å². The first-order valence-corrected chi connectivity index (χ1v) is 9.06. The van der Waals surface area contributed by atoms with Gasteiger partial charge in [-0.3, -0.25) is 0 Å². The Kier molecular flexibility index (Phi) is 5.75. The molecule has 1 fully saturated rings. The monoisotopic (exact) mass is 358 g/mol. The Labute approximate surface area is 153 Å². The highest BCUT2D eigenvalue weighted by Gasteiger charge is 2.19. The molecule has 0 atom stereocenters. The zero-order valence-electron chi connectivity index (χ0n) is 15.6. The molecule has 7 heteroatoms. The molecule has 3 rings (SSSR count). The van der Waals surface area contributed by atoms with Crippen molar-refractivity contribution in [3.8, 4) is 5.88 Å². The Morgan fingerprint density at radius 3 is 2.85 bits per heavy atom. The minimum atomic E-state index is -0.166. The van der Waals surface area contributed by atoms with Crippen molar-refractivity contribution in [2.45, 2.75) is 58.7 Å². The summed E-state index contributed by atoms with van der Waals surface area (Å²) in [5.41, 5.74) is 2.63. The molecule has 0 saturated heterocycles. The Bertz CT molecular complexity index is 733. The number of urea groups is 1. The number of hydrogen-bond donors (Lipinski definition) is 1. The minimum absolute atomic E-state index is 0.166. The molecule has 26 heavy (non-hydrogen) atoms. The third-order valence-electron chi connectivity index (χ3n) is 4.78. The maximum absolute atomic E-state index is 12.4. The predicted molar refractivity (Wildman–Crippen MR) is 96.8 cm³/mol. The Morgan fingerprint density at radius 1 is 1.38 bits per heavy atom. The van der Waals surface area contributed by atoms with Gasteiger partial charge < -0.3 is 19.5 Å². The summed E-state index contributed by atoms with van der Waals surface area (Å²) >= 11 is 0. The van der Waals surface area contributed by atoms with Crippen molar-refractivity contribution in [1.29, 1.82) is 0 Å². The predicted octanol–water partition coefficient (Wildman–Crippen LogP) is 3.35. The van der Waals surface area contributed by atoms with Gasteiger partial charge in [0.05, 0.1) is 12.2 Å². The summed E-state index contributed by atoms with van der Waals surface area (Å²) in [5, 5.41) is 6.86. The van der Waals surface area contributed by atoms with E-state index in [1.807, 2.05) is 26.0 Å². The molecule has 2 aromatic rings. The molecule has 2 heterocycles. The second-order valence-corrected chi connectivity index (χ2v) is 6.81. The third-order valence-corrected chi connectivity index (χ3v) is 4.78. The standard InChI is InChI=1S/C19H26N4O3/c1-13-17(14(2)26-22-13)12-23(3)19(24)21-11-15-7-6-10-20-18(15)25-16-8-4-5-9-16/h6-7,10,16H,4-5,8-9,11-12H2,1-3H3,(H,21,24). The van der Waals surface area contributed by atoms with Crippen molar-refractivity contribution in [2.75, 3.05) is 7.05 Å². The first-order chi connectivity index (χ1) is 12.5. The fourth-order valence-corrected chi connectivity index (χ4v) is 3.17. The number of rotatable bonds is 6. The number of nitrogens with zero attached hydrogens (tertiary/aromatic N) is 3. The van der Waals surface area contributed by atoms with Gasteiger partial charge in [0.15, 0.2) is 0 Å². The molecular formula is C19H26N4O3. The molecule has 0 aliphatic heterocycles. The highest BCUT2D eigenvalue weighted by atomic mass is 16.5. The van der Waals surface area contributed by atoms with Crippen molar-refractivity contribution in [1.82, 2.24) is 20.4 Å². The van der Waals surface area contributed by atoms with Gasteiger partial charge >= 0.3 is 6.03 Å². The molecule has 140 valence electrons. The lowest BCUT2D eigenvalue weighted by molar-refractivity contribution is 0.196. The zero-order chi connectivity index (χ0) is 18.5. The summed E-state index contributed by atoms with van der Waals surface area (Å²) in [5.74, 6) is 1.36. The number of aryl methyl sites for hydroxylation is 2. The average molecular weight is 358 g/mol. The summed E-state index contributed by atoms with van der Waals surface area (Å²) in [6, 6.07) is 3.63. The summed E-state index contributed by atoms with van der Waals surface area (Å²) < 4.78 is 11.2. The Balaban J connectivity index is 1.57. The number of carbonyl (C=O) groups excluding carboxylic acids is 1. The summed E-state index contributed by atoms with van der Waals surface area (Å²) in [4.78, 5) is 18.4. The van der Waals surface area contributed by atoms with Gasteiger partial charge in [-0.15, -0.1) is 0 Å². The van der Waals surface area contributed by atoms with E-state index in [2.05, 4.69) is 15.5 Å². The summed E-state index contributed by atoms with van der Waals surface area (Å²) in [6.07, 6.45) is 6.51. The van der Waals surface area contributed by atoms with Gasteiger partial charge in [0.1, 0.15) is 11.9 Å². The second kappa shape index (κ2) is 8.21. The molecule has 0 radical (unpaired) electrons. The van der Waals surface area contributed by atoms with Crippen LogP contribution in [0.25, 0.3) is 0 Å². The van der Waals surface area contributed by atoms with Crippen LogP contribution in [-0.2, 0) is 13.1 Å². The van der Waals surface area contributed by atoms with Crippen molar-refractivity contribution < 1.29 is 14.1 Å². The number of amides is 2. The number of ether oxygens (including phenoxy) is 1. The van der Waals surface area contributed by atoms with Crippen LogP contribution in [0.3, 0.4) is 0 Å². The molecule has 2 aromatic heterocycles. The lowest BCUT2D eigenvalue weighted by Crippen LogP contribution is -2.36. The highest BCUT2D eigenvalue weighted by molar-refractivity contribution is 5.74. The van der Waals surface area contributed by atoms with Crippen LogP contribution >= 0.6 is 0 Å². The Hall–Kier alpha value is -2.57. The topological polar surface area (TPSA) is 80.5 Å². The van der Waals surface area contributed by atoms with Gasteiger partial charge in [-0.2, -0.15) is 0 Å². The van der Waals surface area contributed by atoms with E-state index in [1.165, 1.54) is 12.8 Å². The van der Waals surface area contributed by atoms with Crippen LogP contribution in [0.15, 0.2) is 22.9 Å². The van der Waals surface area contributed by atoms with E-state index >= 15 is 0 Å². The van der Waals surface area contributed by atoms with Gasteiger partial charge in [0, 0.05) is 30.9 Å². The van der Waals surface area contributed by atoms with E-state index in [9.17, 15) is 4.79 Å². The van der Waals surface area contributed by atoms with Crippen LogP contribution in [0.1, 0.15) is 48.3 Å². The van der Waals surface area contributed by atoms with Gasteiger partial charge in [0.2, 0.25) is 5.88 Å². The van der Waals surface area contributed by atoms with E-state index in [4.69, 9.17) is 9.26 Å². The number of aromatic nitrogens is 2. The van der Waals surface area contributed by atoms with Gasteiger partial charge in [0.25, 0.3) is 0 Å². The first-order valence-electron chi connectivity index (χ1n) is 9.06. The van der Waals surface area contributed by atoms with E-state index in [0.717, 1.165) is 35.4 Å². The maximum atomic E-state index is 12.4. The largest absolute Gasteiger partial charge is 0.474 e. The van der Waals surface area contributed by atoms with Crippen LogP contribution in [-0.4, -0.2) is 34.2 Å². The molecule has 7 nitrogen and oxygen atoms in total. The number of carbonyl (C=O) groups is 1.